The third-order valence-corrected chi connectivity index (χ3v) is 4.51. The molecule has 3 rings (SSSR count). The minimum Gasteiger partial charge on any atom is -0.389 e. The molecule has 4 nitrogen and oxygen atoms in total. The predicted molar refractivity (Wildman–Crippen MR) is 107 cm³/mol. The van der Waals surface area contributed by atoms with Crippen LogP contribution in [0.5, 0.6) is 0 Å². The van der Waals surface area contributed by atoms with Gasteiger partial charge in [0.05, 0.1) is 35.5 Å². The van der Waals surface area contributed by atoms with Crippen molar-refractivity contribution in [3.05, 3.63) is 41.7 Å². The number of aliphatic hydroxyl groups is 1. The molecule has 0 fully saturated rings. The molecule has 2 heterocycles. The van der Waals surface area contributed by atoms with E-state index >= 15 is 0 Å². The molecule has 2 aromatic heterocycles. The van der Waals surface area contributed by atoms with Gasteiger partial charge in [-0.05, 0) is 45.2 Å². The first-order chi connectivity index (χ1) is 12.3. The SMILES string of the molecule is CCOCc1cc2c(CC(C)C)nc3ccccc3c2n1CC(C)(C)O. The first-order valence-electron chi connectivity index (χ1n) is 9.50. The number of fused-ring (bicyclic) bond motifs is 3. The maximum atomic E-state index is 10.5. The quantitative estimate of drug-likeness (QED) is 0.669. The van der Waals surface area contributed by atoms with Crippen LogP contribution in [0.4, 0.5) is 0 Å². The summed E-state index contributed by atoms with van der Waals surface area (Å²) >= 11 is 0. The molecule has 0 spiro atoms. The Morgan fingerprint density at radius 1 is 1.19 bits per heavy atom. The molecule has 0 bridgehead atoms. The largest absolute Gasteiger partial charge is 0.389 e. The van der Waals surface area contributed by atoms with Crippen LogP contribution in [0.25, 0.3) is 21.8 Å². The maximum absolute atomic E-state index is 10.5. The molecule has 0 aliphatic heterocycles. The van der Waals surface area contributed by atoms with Crippen LogP contribution >= 0.6 is 0 Å². The third-order valence-electron chi connectivity index (χ3n) is 4.51. The first kappa shape index (κ1) is 18.9. The lowest BCUT2D eigenvalue weighted by Gasteiger charge is -2.22. The number of hydrogen-bond acceptors (Lipinski definition) is 3. The zero-order valence-electron chi connectivity index (χ0n) is 16.5. The van der Waals surface area contributed by atoms with Gasteiger partial charge in [-0.2, -0.15) is 0 Å². The fraction of sp³-hybridized carbons (Fsp3) is 0.500. The molecule has 3 aromatic rings. The molecule has 4 heteroatoms. The molecule has 0 aliphatic rings. The van der Waals surface area contributed by atoms with Crippen molar-refractivity contribution >= 4 is 21.8 Å². The molecule has 0 saturated heterocycles. The maximum Gasteiger partial charge on any atom is 0.0868 e. The van der Waals surface area contributed by atoms with E-state index in [4.69, 9.17) is 9.72 Å². The summed E-state index contributed by atoms with van der Waals surface area (Å²) in [6.45, 7) is 11.9. The molecule has 26 heavy (non-hydrogen) atoms. The average Bonchev–Trinajstić information content (AvgIpc) is 2.90. The van der Waals surface area contributed by atoms with Crippen LogP contribution in [0.2, 0.25) is 0 Å². The summed E-state index contributed by atoms with van der Waals surface area (Å²) in [5, 5.41) is 12.8. The fourth-order valence-electron chi connectivity index (χ4n) is 3.53. The minimum atomic E-state index is -0.810. The lowest BCUT2D eigenvalue weighted by molar-refractivity contribution is 0.0589. The molecular formula is C22H30N2O2. The van der Waals surface area contributed by atoms with Gasteiger partial charge in [-0.25, -0.2) is 0 Å². The van der Waals surface area contributed by atoms with Gasteiger partial charge in [-0.3, -0.25) is 4.98 Å². The number of benzene rings is 1. The van der Waals surface area contributed by atoms with Crippen molar-refractivity contribution in [1.29, 1.82) is 0 Å². The summed E-state index contributed by atoms with van der Waals surface area (Å²) in [6.07, 6.45) is 0.932. The second-order valence-electron chi connectivity index (χ2n) is 8.11. The molecule has 0 aliphatic carbocycles. The van der Waals surface area contributed by atoms with Crippen LogP contribution in [-0.4, -0.2) is 26.9 Å². The highest BCUT2D eigenvalue weighted by molar-refractivity contribution is 6.05. The summed E-state index contributed by atoms with van der Waals surface area (Å²) in [6, 6.07) is 10.5. The number of ether oxygens (including phenoxy) is 1. The van der Waals surface area contributed by atoms with E-state index in [1.54, 1.807) is 0 Å². The van der Waals surface area contributed by atoms with Gasteiger partial charge < -0.3 is 14.4 Å². The normalized spacial score (nSPS) is 12.6. The van der Waals surface area contributed by atoms with Crippen LogP contribution in [0.15, 0.2) is 30.3 Å². The van der Waals surface area contributed by atoms with Crippen molar-refractivity contribution in [3.8, 4) is 0 Å². The standard InChI is InChI=1S/C22H30N2O2/c1-6-26-13-16-12-18-20(11-15(2)3)23-19-10-8-7-9-17(19)21(18)24(16)14-22(4,5)25/h7-10,12,15,25H,6,11,13-14H2,1-5H3. The zero-order valence-corrected chi connectivity index (χ0v) is 16.5. The number of pyridine rings is 1. The lowest BCUT2D eigenvalue weighted by Crippen LogP contribution is -2.27. The van der Waals surface area contributed by atoms with E-state index in [0.29, 0.717) is 25.7 Å². The van der Waals surface area contributed by atoms with Crippen molar-refractivity contribution in [2.24, 2.45) is 5.92 Å². The molecular weight excluding hydrogens is 324 g/mol. The van der Waals surface area contributed by atoms with Crippen LogP contribution in [0.1, 0.15) is 46.0 Å². The number of hydrogen-bond donors (Lipinski definition) is 1. The number of rotatable bonds is 7. The van der Waals surface area contributed by atoms with Crippen molar-refractivity contribution in [2.45, 2.75) is 59.8 Å². The smallest absolute Gasteiger partial charge is 0.0868 e. The molecule has 0 saturated carbocycles. The van der Waals surface area contributed by atoms with E-state index in [-0.39, 0.29) is 0 Å². The summed E-state index contributed by atoms with van der Waals surface area (Å²) < 4.78 is 7.94. The van der Waals surface area contributed by atoms with E-state index in [9.17, 15) is 5.11 Å². The van der Waals surface area contributed by atoms with Crippen molar-refractivity contribution in [1.82, 2.24) is 9.55 Å². The van der Waals surface area contributed by atoms with E-state index in [1.807, 2.05) is 26.8 Å². The Hall–Kier alpha value is -1.91. The summed E-state index contributed by atoms with van der Waals surface area (Å²) in [5.74, 6) is 0.528. The molecule has 1 aromatic carbocycles. The highest BCUT2D eigenvalue weighted by atomic mass is 16.5. The second-order valence-corrected chi connectivity index (χ2v) is 8.11. The topological polar surface area (TPSA) is 47.3 Å². The van der Waals surface area contributed by atoms with Crippen molar-refractivity contribution in [3.63, 3.8) is 0 Å². The van der Waals surface area contributed by atoms with E-state index in [0.717, 1.165) is 34.2 Å². The van der Waals surface area contributed by atoms with Gasteiger partial charge in [0.25, 0.3) is 0 Å². The Kier molecular flexibility index (Phi) is 5.35. The van der Waals surface area contributed by atoms with Gasteiger partial charge >= 0.3 is 0 Å². The third kappa shape index (κ3) is 3.92. The van der Waals surface area contributed by atoms with Crippen LogP contribution in [0.3, 0.4) is 0 Å². The Morgan fingerprint density at radius 2 is 1.92 bits per heavy atom. The zero-order chi connectivity index (χ0) is 18.9. The van der Waals surface area contributed by atoms with Crippen LogP contribution in [0, 0.1) is 5.92 Å². The van der Waals surface area contributed by atoms with E-state index < -0.39 is 5.60 Å². The molecule has 0 unspecified atom stereocenters. The van der Waals surface area contributed by atoms with Gasteiger partial charge in [0.15, 0.2) is 0 Å². The highest BCUT2D eigenvalue weighted by Crippen LogP contribution is 2.32. The Bertz CT molecular complexity index is 904. The van der Waals surface area contributed by atoms with Gasteiger partial charge in [0.2, 0.25) is 0 Å². The number of aromatic nitrogens is 2. The van der Waals surface area contributed by atoms with Gasteiger partial charge in [-0.1, -0.05) is 32.0 Å². The predicted octanol–water partition coefficient (Wildman–Crippen LogP) is 4.70. The van der Waals surface area contributed by atoms with Gasteiger partial charge in [-0.15, -0.1) is 0 Å². The Labute approximate surface area is 155 Å². The number of nitrogens with zero attached hydrogens (tertiary/aromatic N) is 2. The number of para-hydroxylation sites is 1. The summed E-state index contributed by atoms with van der Waals surface area (Å²) in [5.41, 5.74) is 3.57. The van der Waals surface area contributed by atoms with E-state index in [1.165, 1.54) is 5.39 Å². The van der Waals surface area contributed by atoms with Crippen molar-refractivity contribution in [2.75, 3.05) is 6.61 Å². The fourth-order valence-corrected chi connectivity index (χ4v) is 3.53. The summed E-state index contributed by atoms with van der Waals surface area (Å²) in [4.78, 5) is 4.96. The van der Waals surface area contributed by atoms with E-state index in [2.05, 4.69) is 42.7 Å². The molecule has 0 amide bonds. The minimum absolute atomic E-state index is 0.522. The second kappa shape index (κ2) is 7.37. The monoisotopic (exact) mass is 354 g/mol. The highest BCUT2D eigenvalue weighted by Gasteiger charge is 2.21. The van der Waals surface area contributed by atoms with Crippen LogP contribution < -0.4 is 0 Å². The molecule has 140 valence electrons. The van der Waals surface area contributed by atoms with Crippen molar-refractivity contribution < 1.29 is 9.84 Å². The Morgan fingerprint density at radius 3 is 2.58 bits per heavy atom. The van der Waals surface area contributed by atoms with Gasteiger partial charge in [0, 0.05) is 23.1 Å². The molecule has 1 N–H and O–H groups in total. The average molecular weight is 354 g/mol. The Balaban J connectivity index is 2.33. The first-order valence-corrected chi connectivity index (χ1v) is 9.50. The van der Waals surface area contributed by atoms with Crippen LogP contribution in [-0.2, 0) is 24.3 Å². The molecule has 0 atom stereocenters. The lowest BCUT2D eigenvalue weighted by atomic mass is 10.0. The summed E-state index contributed by atoms with van der Waals surface area (Å²) in [7, 11) is 0. The van der Waals surface area contributed by atoms with Gasteiger partial charge in [0.1, 0.15) is 0 Å². The molecule has 0 radical (unpaired) electrons.